The Morgan fingerprint density at radius 1 is 1.00 bits per heavy atom. The Hall–Kier alpha value is -3.04. The van der Waals surface area contributed by atoms with E-state index in [-0.39, 0.29) is 47.9 Å². The first-order valence-electron chi connectivity index (χ1n) is 13.7. The molecular formula is C30H39N3O5S. The SMILES string of the molecule is COC(CC(C)C)C(=O)N1CC(=O)C2C1CCN2C(=O)C(CC(C)C)NC(=O)c1ccc(-c2cccs2)cc1. The Labute approximate surface area is 234 Å². The Balaban J connectivity index is 1.47. The van der Waals surface area contributed by atoms with Crippen molar-refractivity contribution in [3.63, 3.8) is 0 Å². The lowest BCUT2D eigenvalue weighted by atomic mass is 10.0. The molecule has 4 unspecified atom stereocenters. The maximum atomic E-state index is 13.8. The maximum absolute atomic E-state index is 13.8. The third-order valence-corrected chi connectivity index (χ3v) is 8.42. The number of methoxy groups -OCH3 is 1. The van der Waals surface area contributed by atoms with Crippen LogP contribution in [-0.4, -0.2) is 77.7 Å². The number of benzene rings is 1. The van der Waals surface area contributed by atoms with E-state index in [9.17, 15) is 19.2 Å². The number of hydrogen-bond donors (Lipinski definition) is 1. The van der Waals surface area contributed by atoms with Crippen LogP contribution in [0.5, 0.6) is 0 Å². The van der Waals surface area contributed by atoms with Crippen LogP contribution >= 0.6 is 11.3 Å². The predicted molar refractivity (Wildman–Crippen MR) is 151 cm³/mol. The minimum Gasteiger partial charge on any atom is -0.372 e. The third kappa shape index (κ3) is 6.41. The van der Waals surface area contributed by atoms with Crippen molar-refractivity contribution in [3.8, 4) is 10.4 Å². The first-order valence-corrected chi connectivity index (χ1v) is 14.6. The Kier molecular flexibility index (Phi) is 9.23. The number of likely N-dealkylation sites (tertiary alicyclic amines) is 2. The first kappa shape index (κ1) is 29.0. The van der Waals surface area contributed by atoms with Crippen molar-refractivity contribution in [3.05, 3.63) is 47.3 Å². The summed E-state index contributed by atoms with van der Waals surface area (Å²) in [6, 6.07) is 9.53. The van der Waals surface area contributed by atoms with Gasteiger partial charge < -0.3 is 19.9 Å². The molecule has 210 valence electrons. The van der Waals surface area contributed by atoms with E-state index in [0.717, 1.165) is 10.4 Å². The fraction of sp³-hybridized carbons (Fsp3) is 0.533. The van der Waals surface area contributed by atoms with Gasteiger partial charge in [0.25, 0.3) is 11.8 Å². The van der Waals surface area contributed by atoms with Gasteiger partial charge in [-0.15, -0.1) is 11.3 Å². The van der Waals surface area contributed by atoms with Crippen molar-refractivity contribution in [1.29, 1.82) is 0 Å². The van der Waals surface area contributed by atoms with Crippen molar-refractivity contribution in [2.45, 2.75) is 71.2 Å². The number of carbonyl (C=O) groups excluding carboxylic acids is 4. The predicted octanol–water partition coefficient (Wildman–Crippen LogP) is 4.00. The van der Waals surface area contributed by atoms with Crippen LogP contribution in [0.4, 0.5) is 0 Å². The topological polar surface area (TPSA) is 96.0 Å². The van der Waals surface area contributed by atoms with E-state index in [1.54, 1.807) is 33.3 Å². The molecule has 4 rings (SSSR count). The zero-order valence-electron chi connectivity index (χ0n) is 23.4. The summed E-state index contributed by atoms with van der Waals surface area (Å²) in [6.45, 7) is 8.38. The quantitative estimate of drug-likeness (QED) is 0.480. The summed E-state index contributed by atoms with van der Waals surface area (Å²) in [5.41, 5.74) is 1.50. The molecule has 39 heavy (non-hydrogen) atoms. The van der Waals surface area contributed by atoms with Crippen LogP contribution in [0, 0.1) is 11.8 Å². The summed E-state index contributed by atoms with van der Waals surface area (Å²) < 4.78 is 5.46. The standard InChI is InChI=1S/C30H39N3O5S/c1-18(2)15-22(31-28(35)21-10-8-20(9-11-21)26-7-6-14-39-26)29(36)32-13-12-23-27(32)24(34)17-33(23)30(37)25(38-5)16-19(3)4/h6-11,14,18-19,22-23,25,27H,12-13,15-17H2,1-5H3,(H,31,35). The number of nitrogens with one attached hydrogen (secondary N) is 1. The van der Waals surface area contributed by atoms with Gasteiger partial charge in [-0.3, -0.25) is 19.2 Å². The number of amides is 3. The molecule has 1 N–H and O–H groups in total. The Bertz CT molecular complexity index is 1180. The van der Waals surface area contributed by atoms with E-state index < -0.39 is 18.2 Å². The monoisotopic (exact) mass is 553 g/mol. The van der Waals surface area contributed by atoms with Crippen LogP contribution in [0.1, 0.15) is 57.3 Å². The molecule has 4 atom stereocenters. The van der Waals surface area contributed by atoms with E-state index >= 15 is 0 Å². The van der Waals surface area contributed by atoms with Gasteiger partial charge in [-0.2, -0.15) is 0 Å². The van der Waals surface area contributed by atoms with Crippen LogP contribution in [0.3, 0.4) is 0 Å². The number of ether oxygens (including phenoxy) is 1. The minimum atomic E-state index is -0.765. The van der Waals surface area contributed by atoms with Crippen LogP contribution in [0.25, 0.3) is 10.4 Å². The number of fused-ring (bicyclic) bond motifs is 1. The second kappa shape index (κ2) is 12.4. The third-order valence-electron chi connectivity index (χ3n) is 7.50. The highest BCUT2D eigenvalue weighted by Gasteiger charge is 2.53. The normalized spacial score (nSPS) is 20.4. The minimum absolute atomic E-state index is 0.0201. The molecule has 0 radical (unpaired) electrons. The van der Waals surface area contributed by atoms with Gasteiger partial charge in [-0.05, 0) is 60.2 Å². The fourth-order valence-electron chi connectivity index (χ4n) is 5.63. The summed E-state index contributed by atoms with van der Waals surface area (Å²) in [4.78, 5) is 57.6. The molecule has 1 aromatic heterocycles. The lowest BCUT2D eigenvalue weighted by Gasteiger charge is -2.30. The number of thiophene rings is 1. The van der Waals surface area contributed by atoms with Crippen LogP contribution in [0.2, 0.25) is 0 Å². The summed E-state index contributed by atoms with van der Waals surface area (Å²) >= 11 is 1.63. The Morgan fingerprint density at radius 2 is 1.69 bits per heavy atom. The summed E-state index contributed by atoms with van der Waals surface area (Å²) in [5.74, 6) is -0.519. The zero-order valence-corrected chi connectivity index (χ0v) is 24.2. The van der Waals surface area contributed by atoms with Crippen molar-refractivity contribution in [2.24, 2.45) is 11.8 Å². The van der Waals surface area contributed by atoms with Gasteiger partial charge in [-0.25, -0.2) is 0 Å². The van der Waals surface area contributed by atoms with Crippen LogP contribution < -0.4 is 5.32 Å². The highest BCUT2D eigenvalue weighted by Crippen LogP contribution is 2.32. The molecule has 2 fully saturated rings. The lowest BCUT2D eigenvalue weighted by molar-refractivity contribution is -0.144. The van der Waals surface area contributed by atoms with E-state index in [2.05, 4.69) is 5.32 Å². The van der Waals surface area contributed by atoms with Gasteiger partial charge in [-0.1, -0.05) is 45.9 Å². The van der Waals surface area contributed by atoms with Crippen molar-refractivity contribution < 1.29 is 23.9 Å². The highest BCUT2D eigenvalue weighted by molar-refractivity contribution is 7.13. The van der Waals surface area contributed by atoms with Gasteiger partial charge in [0.2, 0.25) is 5.91 Å². The smallest absolute Gasteiger partial charge is 0.252 e. The number of ketones is 1. The molecule has 0 spiro atoms. The molecule has 2 aromatic rings. The fourth-order valence-corrected chi connectivity index (χ4v) is 6.37. The molecule has 0 aliphatic carbocycles. The number of rotatable bonds is 10. The first-order chi connectivity index (χ1) is 18.6. The van der Waals surface area contributed by atoms with Gasteiger partial charge in [0.05, 0.1) is 12.6 Å². The van der Waals surface area contributed by atoms with Gasteiger partial charge in [0, 0.05) is 24.1 Å². The van der Waals surface area contributed by atoms with Gasteiger partial charge in [0.1, 0.15) is 18.2 Å². The molecule has 2 saturated heterocycles. The summed E-state index contributed by atoms with van der Waals surface area (Å²) in [5, 5.41) is 4.94. The number of nitrogens with zero attached hydrogens (tertiary/aromatic N) is 2. The van der Waals surface area contributed by atoms with E-state index in [0.29, 0.717) is 31.4 Å². The highest BCUT2D eigenvalue weighted by atomic mass is 32.1. The second-order valence-electron chi connectivity index (χ2n) is 11.3. The van der Waals surface area contributed by atoms with Crippen LogP contribution in [0.15, 0.2) is 41.8 Å². The van der Waals surface area contributed by atoms with E-state index in [1.807, 2.05) is 57.3 Å². The molecule has 0 saturated carbocycles. The molecule has 9 heteroatoms. The van der Waals surface area contributed by atoms with Crippen molar-refractivity contribution in [1.82, 2.24) is 15.1 Å². The maximum Gasteiger partial charge on any atom is 0.252 e. The Morgan fingerprint density at radius 3 is 2.28 bits per heavy atom. The number of Topliss-reactive ketones (excluding diaryl/α,β-unsaturated/α-hetero) is 1. The molecule has 1 aromatic carbocycles. The lowest BCUT2D eigenvalue weighted by Crippen LogP contribution is -2.53. The molecule has 3 amide bonds. The molecular weight excluding hydrogens is 514 g/mol. The van der Waals surface area contributed by atoms with Gasteiger partial charge in [0.15, 0.2) is 5.78 Å². The summed E-state index contributed by atoms with van der Waals surface area (Å²) in [6.07, 6.45) is 0.929. The molecule has 8 nitrogen and oxygen atoms in total. The van der Waals surface area contributed by atoms with Crippen molar-refractivity contribution >= 4 is 34.8 Å². The number of hydrogen-bond acceptors (Lipinski definition) is 6. The molecule has 2 aliphatic heterocycles. The van der Waals surface area contributed by atoms with E-state index in [1.165, 1.54) is 7.11 Å². The average Bonchev–Trinajstić information content (AvgIpc) is 3.65. The zero-order chi connectivity index (χ0) is 28.3. The van der Waals surface area contributed by atoms with Crippen molar-refractivity contribution in [2.75, 3.05) is 20.2 Å². The molecule has 3 heterocycles. The molecule has 2 aliphatic rings. The largest absolute Gasteiger partial charge is 0.372 e. The second-order valence-corrected chi connectivity index (χ2v) is 12.3. The average molecular weight is 554 g/mol. The van der Waals surface area contributed by atoms with Crippen LogP contribution in [-0.2, 0) is 19.1 Å². The van der Waals surface area contributed by atoms with E-state index in [4.69, 9.17) is 4.74 Å². The number of carbonyl (C=O) groups is 4. The van der Waals surface area contributed by atoms with Gasteiger partial charge >= 0.3 is 0 Å². The summed E-state index contributed by atoms with van der Waals surface area (Å²) in [7, 11) is 1.51. The molecule has 0 bridgehead atoms.